The highest BCUT2D eigenvalue weighted by Crippen LogP contribution is 2.28. The number of pyridine rings is 2. The van der Waals surface area contributed by atoms with Gasteiger partial charge in [-0.3, -0.25) is 0 Å². The van der Waals surface area contributed by atoms with E-state index >= 15 is 0 Å². The van der Waals surface area contributed by atoms with Crippen LogP contribution in [0, 0.1) is 23.8 Å². The van der Waals surface area contributed by atoms with Gasteiger partial charge < -0.3 is 0 Å². The zero-order valence-corrected chi connectivity index (χ0v) is 10.9. The van der Waals surface area contributed by atoms with Crippen LogP contribution in [0.4, 0.5) is 17.6 Å². The highest BCUT2D eigenvalue weighted by Gasteiger charge is 2.05. The van der Waals surface area contributed by atoms with Gasteiger partial charge >= 0.3 is 0 Å². The first-order valence-electron chi connectivity index (χ1n) is 4.95. The van der Waals surface area contributed by atoms with Crippen LogP contribution in [-0.2, 0) is 0 Å². The summed E-state index contributed by atoms with van der Waals surface area (Å²) < 4.78 is 51.2. The first-order chi connectivity index (χ1) is 9.02. The second-order valence-corrected chi connectivity index (χ2v) is 5.77. The van der Waals surface area contributed by atoms with E-state index < -0.39 is 23.8 Å². The maximum Gasteiger partial charge on any atom is 0.216 e. The molecule has 0 radical (unpaired) electrons. The van der Waals surface area contributed by atoms with E-state index in [1.807, 2.05) is 0 Å². The van der Waals surface area contributed by atoms with E-state index in [4.69, 9.17) is 0 Å². The van der Waals surface area contributed by atoms with Gasteiger partial charge in [0.2, 0.25) is 23.8 Å². The summed E-state index contributed by atoms with van der Waals surface area (Å²) in [7, 11) is 0. The van der Waals surface area contributed by atoms with Gasteiger partial charge in [-0.15, -0.1) is 23.5 Å². The van der Waals surface area contributed by atoms with E-state index in [2.05, 4.69) is 9.97 Å². The van der Waals surface area contributed by atoms with E-state index in [9.17, 15) is 17.6 Å². The second-order valence-electron chi connectivity index (χ2n) is 3.30. The molecule has 2 aromatic heterocycles. The number of hydrogen-bond acceptors (Lipinski definition) is 4. The van der Waals surface area contributed by atoms with Gasteiger partial charge in [0.05, 0.1) is 0 Å². The summed E-state index contributed by atoms with van der Waals surface area (Å²) in [6.45, 7) is 0. The van der Waals surface area contributed by atoms with Crippen molar-refractivity contribution in [2.75, 3.05) is 5.08 Å². The van der Waals surface area contributed by atoms with Crippen LogP contribution in [0.25, 0.3) is 0 Å². The third-order valence-corrected chi connectivity index (χ3v) is 4.00. The number of thioether (sulfide) groups is 2. The third kappa shape index (κ3) is 4.39. The Morgan fingerprint density at radius 1 is 0.684 bits per heavy atom. The summed E-state index contributed by atoms with van der Waals surface area (Å²) in [6.07, 6.45) is 0. The van der Waals surface area contributed by atoms with Crippen LogP contribution in [0.3, 0.4) is 0 Å². The van der Waals surface area contributed by atoms with Crippen LogP contribution >= 0.6 is 23.5 Å². The fourth-order valence-corrected chi connectivity index (χ4v) is 3.26. The summed E-state index contributed by atoms with van der Waals surface area (Å²) in [6, 6.07) is 4.34. The van der Waals surface area contributed by atoms with Crippen LogP contribution in [0.2, 0.25) is 0 Å². The molecule has 0 aliphatic carbocycles. The van der Waals surface area contributed by atoms with Crippen molar-refractivity contribution in [1.82, 2.24) is 9.97 Å². The Morgan fingerprint density at radius 2 is 1.00 bits per heavy atom. The highest BCUT2D eigenvalue weighted by atomic mass is 32.2. The number of aromatic nitrogens is 2. The van der Waals surface area contributed by atoms with Gasteiger partial charge in [0, 0.05) is 39.1 Å². The molecule has 0 saturated heterocycles. The number of hydrogen-bond donors (Lipinski definition) is 0. The molecule has 0 aliphatic heterocycles. The smallest absolute Gasteiger partial charge is 0.191 e. The quantitative estimate of drug-likeness (QED) is 0.370. The predicted octanol–water partition coefficient (Wildman–Crippen LogP) is 3.87. The minimum atomic E-state index is -0.909. The van der Waals surface area contributed by atoms with E-state index in [1.165, 1.54) is 0 Å². The lowest BCUT2D eigenvalue weighted by molar-refractivity contribution is 0.506. The maximum absolute atomic E-state index is 12.8. The molecule has 0 unspecified atom stereocenters. The van der Waals surface area contributed by atoms with Crippen molar-refractivity contribution < 1.29 is 17.6 Å². The van der Waals surface area contributed by atoms with Crippen molar-refractivity contribution in [2.24, 2.45) is 0 Å². The zero-order chi connectivity index (χ0) is 13.8. The fraction of sp³-hybridized carbons (Fsp3) is 0.0909. The Hall–Kier alpha value is -1.28. The van der Waals surface area contributed by atoms with Crippen LogP contribution < -0.4 is 0 Å². The van der Waals surface area contributed by atoms with Crippen LogP contribution in [0.15, 0.2) is 34.1 Å². The Kier molecular flexibility index (Phi) is 4.65. The molecule has 0 bridgehead atoms. The van der Waals surface area contributed by atoms with Crippen molar-refractivity contribution >= 4 is 23.5 Å². The summed E-state index contributed by atoms with van der Waals surface area (Å²) in [4.78, 5) is 6.63. The second kappa shape index (κ2) is 6.25. The van der Waals surface area contributed by atoms with Gasteiger partial charge in [-0.1, -0.05) is 0 Å². The van der Waals surface area contributed by atoms with Gasteiger partial charge in [-0.05, 0) is 0 Å². The molecular weight excluding hydrogens is 300 g/mol. The van der Waals surface area contributed by atoms with Crippen molar-refractivity contribution in [3.05, 3.63) is 48.1 Å². The fourth-order valence-electron chi connectivity index (χ4n) is 1.22. The molecule has 0 atom stereocenters. The van der Waals surface area contributed by atoms with E-state index in [-0.39, 0.29) is 0 Å². The summed E-state index contributed by atoms with van der Waals surface area (Å²) in [5, 5.41) is 0.339. The Bertz CT molecular complexity index is 503. The first-order valence-corrected chi connectivity index (χ1v) is 6.92. The number of rotatable bonds is 4. The molecule has 2 rings (SSSR count). The van der Waals surface area contributed by atoms with E-state index in [1.54, 1.807) is 0 Å². The first kappa shape index (κ1) is 14.1. The van der Waals surface area contributed by atoms with Crippen molar-refractivity contribution in [3.63, 3.8) is 0 Å². The minimum absolute atomic E-state index is 0.339. The van der Waals surface area contributed by atoms with Gasteiger partial charge in [-0.2, -0.15) is 27.5 Å². The monoisotopic (exact) mass is 306 g/mol. The summed E-state index contributed by atoms with van der Waals surface area (Å²) in [5.74, 6) is -3.64. The molecule has 0 spiro atoms. The number of nitrogens with zero attached hydrogens (tertiary/aromatic N) is 2. The molecule has 0 N–H and O–H groups in total. The number of halogens is 4. The van der Waals surface area contributed by atoms with Gasteiger partial charge in [-0.25, -0.2) is 0 Å². The van der Waals surface area contributed by atoms with Crippen molar-refractivity contribution in [1.29, 1.82) is 0 Å². The molecule has 0 fully saturated rings. The molecule has 2 aromatic rings. The zero-order valence-electron chi connectivity index (χ0n) is 9.24. The van der Waals surface area contributed by atoms with Crippen LogP contribution in [0.1, 0.15) is 0 Å². The average molecular weight is 306 g/mol. The van der Waals surface area contributed by atoms with Crippen LogP contribution in [-0.4, -0.2) is 15.1 Å². The normalized spacial score (nSPS) is 10.7. The Morgan fingerprint density at radius 3 is 1.32 bits per heavy atom. The lowest BCUT2D eigenvalue weighted by atomic mass is 10.5. The van der Waals surface area contributed by atoms with E-state index in [0.717, 1.165) is 47.8 Å². The van der Waals surface area contributed by atoms with Gasteiger partial charge in [0.1, 0.15) is 0 Å². The summed E-state index contributed by atoms with van der Waals surface area (Å²) >= 11 is 2.27. The molecule has 0 aromatic carbocycles. The average Bonchev–Trinajstić information content (AvgIpc) is 2.26. The molecule has 100 valence electrons. The molecule has 0 saturated carbocycles. The van der Waals surface area contributed by atoms with Gasteiger partial charge in [0.25, 0.3) is 0 Å². The molecule has 2 heterocycles. The molecule has 0 amide bonds. The Balaban J connectivity index is 1.96. The van der Waals surface area contributed by atoms with Crippen molar-refractivity contribution in [3.8, 4) is 0 Å². The van der Waals surface area contributed by atoms with Crippen molar-refractivity contribution in [2.45, 2.75) is 9.79 Å². The largest absolute Gasteiger partial charge is 0.216 e. The lowest BCUT2D eigenvalue weighted by Gasteiger charge is -2.02. The van der Waals surface area contributed by atoms with Gasteiger partial charge in [0.15, 0.2) is 0 Å². The van der Waals surface area contributed by atoms with E-state index in [0.29, 0.717) is 14.9 Å². The molecule has 2 nitrogen and oxygen atoms in total. The molecular formula is C11H6F4N2S2. The lowest BCUT2D eigenvalue weighted by Crippen LogP contribution is -1.90. The third-order valence-electron chi connectivity index (χ3n) is 1.92. The minimum Gasteiger partial charge on any atom is -0.191 e. The SMILES string of the molecule is Fc1cc(SCSc2cc(F)nc(F)c2)cc(F)n1. The molecule has 8 heteroatoms. The molecule has 0 aliphatic rings. The standard InChI is InChI=1S/C11H6F4N2S2/c12-8-1-6(2-9(13)16-8)18-5-19-7-3-10(14)17-11(15)4-7/h1-4H,5H2. The predicted molar refractivity (Wildman–Crippen MR) is 64.9 cm³/mol. The summed E-state index contributed by atoms with van der Waals surface area (Å²) in [5.41, 5.74) is 0. The van der Waals surface area contributed by atoms with Crippen LogP contribution in [0.5, 0.6) is 0 Å². The Labute approximate surface area is 114 Å². The maximum atomic E-state index is 12.8. The molecule has 19 heavy (non-hydrogen) atoms. The highest BCUT2D eigenvalue weighted by molar-refractivity contribution is 8.16. The topological polar surface area (TPSA) is 25.8 Å².